The average Bonchev–Trinajstić information content (AvgIpc) is 3.29. The van der Waals surface area contributed by atoms with Gasteiger partial charge >= 0.3 is 5.69 Å². The molecule has 0 bridgehead atoms. The summed E-state index contributed by atoms with van der Waals surface area (Å²) in [6.45, 7) is -0.121. The van der Waals surface area contributed by atoms with Crippen LogP contribution in [0.5, 0.6) is 5.75 Å². The second-order valence-electron chi connectivity index (χ2n) is 6.72. The van der Waals surface area contributed by atoms with Crippen LogP contribution in [0.4, 0.5) is 0 Å². The van der Waals surface area contributed by atoms with Gasteiger partial charge in [0.05, 0.1) is 36.5 Å². The highest BCUT2D eigenvalue weighted by molar-refractivity contribution is 6.31. The molecule has 0 unspecified atom stereocenters. The standard InChI is InChI=1S/C22H18ClN3O5/c1-30-16-7-5-15(6-8-16)26-21(28)18-9-4-14(23)11-19(18)25(22(26)29)13-20(27)24-12-17-3-2-10-31-17/h2-11H,12-13H2,1H3,(H,24,27). The highest BCUT2D eigenvalue weighted by Crippen LogP contribution is 2.18. The first-order chi connectivity index (χ1) is 15.0. The zero-order valence-corrected chi connectivity index (χ0v) is 17.3. The van der Waals surface area contributed by atoms with Crippen LogP contribution in [0.2, 0.25) is 5.02 Å². The van der Waals surface area contributed by atoms with E-state index in [4.69, 9.17) is 20.8 Å². The maximum atomic E-state index is 13.3. The Morgan fingerprint density at radius 3 is 2.58 bits per heavy atom. The van der Waals surface area contributed by atoms with Gasteiger partial charge in [-0.2, -0.15) is 0 Å². The lowest BCUT2D eigenvalue weighted by Gasteiger charge is -2.14. The van der Waals surface area contributed by atoms with E-state index in [2.05, 4.69) is 5.32 Å². The summed E-state index contributed by atoms with van der Waals surface area (Å²) in [4.78, 5) is 38.9. The summed E-state index contributed by atoms with van der Waals surface area (Å²) in [6.07, 6.45) is 1.51. The molecule has 0 aliphatic rings. The number of amides is 1. The number of aromatic nitrogens is 2. The molecule has 0 fully saturated rings. The molecule has 2 heterocycles. The maximum Gasteiger partial charge on any atom is 0.336 e. The number of benzene rings is 2. The predicted molar refractivity (Wildman–Crippen MR) is 116 cm³/mol. The summed E-state index contributed by atoms with van der Waals surface area (Å²) in [5.41, 5.74) is -0.523. The van der Waals surface area contributed by atoms with E-state index >= 15 is 0 Å². The molecule has 0 radical (unpaired) electrons. The number of methoxy groups -OCH3 is 1. The molecule has 0 aliphatic heterocycles. The van der Waals surface area contributed by atoms with E-state index in [0.29, 0.717) is 22.2 Å². The van der Waals surface area contributed by atoms with Gasteiger partial charge in [0.25, 0.3) is 5.56 Å². The third kappa shape index (κ3) is 4.10. The number of hydrogen-bond donors (Lipinski definition) is 1. The first-order valence-corrected chi connectivity index (χ1v) is 9.74. The summed E-state index contributed by atoms with van der Waals surface area (Å²) in [5.74, 6) is 0.749. The van der Waals surface area contributed by atoms with Gasteiger partial charge in [-0.15, -0.1) is 0 Å². The normalized spacial score (nSPS) is 10.9. The first-order valence-electron chi connectivity index (χ1n) is 9.36. The van der Waals surface area contributed by atoms with Crippen molar-refractivity contribution in [1.29, 1.82) is 0 Å². The van der Waals surface area contributed by atoms with E-state index in [0.717, 1.165) is 4.57 Å². The summed E-state index contributed by atoms with van der Waals surface area (Å²) >= 11 is 6.10. The molecular weight excluding hydrogens is 422 g/mol. The lowest BCUT2D eigenvalue weighted by Crippen LogP contribution is -2.41. The molecule has 0 saturated carbocycles. The van der Waals surface area contributed by atoms with Gasteiger partial charge in [-0.3, -0.25) is 14.2 Å². The van der Waals surface area contributed by atoms with E-state index in [-0.39, 0.29) is 24.0 Å². The van der Waals surface area contributed by atoms with Crippen LogP contribution in [0.3, 0.4) is 0 Å². The van der Waals surface area contributed by atoms with Gasteiger partial charge in [0.1, 0.15) is 18.1 Å². The van der Waals surface area contributed by atoms with Gasteiger partial charge in [0, 0.05) is 5.02 Å². The lowest BCUT2D eigenvalue weighted by atomic mass is 10.2. The molecule has 4 aromatic rings. The zero-order chi connectivity index (χ0) is 22.0. The van der Waals surface area contributed by atoms with Crippen LogP contribution in [0, 0.1) is 0 Å². The van der Waals surface area contributed by atoms with Crippen molar-refractivity contribution >= 4 is 28.4 Å². The third-order valence-electron chi connectivity index (χ3n) is 4.78. The molecule has 0 spiro atoms. The minimum atomic E-state index is -0.655. The Labute approximate surface area is 181 Å². The zero-order valence-electron chi connectivity index (χ0n) is 16.5. The van der Waals surface area contributed by atoms with Crippen molar-refractivity contribution < 1.29 is 13.9 Å². The third-order valence-corrected chi connectivity index (χ3v) is 5.01. The molecule has 1 N–H and O–H groups in total. The minimum Gasteiger partial charge on any atom is -0.497 e. The molecule has 31 heavy (non-hydrogen) atoms. The molecule has 0 aliphatic carbocycles. The number of ether oxygens (including phenoxy) is 1. The fourth-order valence-corrected chi connectivity index (χ4v) is 3.42. The van der Waals surface area contributed by atoms with Crippen LogP contribution in [-0.2, 0) is 17.9 Å². The molecule has 2 aromatic carbocycles. The molecule has 158 valence electrons. The van der Waals surface area contributed by atoms with E-state index < -0.39 is 17.2 Å². The number of carbonyl (C=O) groups is 1. The van der Waals surface area contributed by atoms with Gasteiger partial charge in [0.2, 0.25) is 5.91 Å². The number of carbonyl (C=O) groups excluding carboxylic acids is 1. The number of rotatable bonds is 6. The van der Waals surface area contributed by atoms with Gasteiger partial charge < -0.3 is 14.5 Å². The summed E-state index contributed by atoms with van der Waals surface area (Å²) in [5, 5.41) is 3.31. The highest BCUT2D eigenvalue weighted by atomic mass is 35.5. The second kappa shape index (κ2) is 8.53. The number of nitrogens with one attached hydrogen (secondary N) is 1. The van der Waals surface area contributed by atoms with E-state index in [9.17, 15) is 14.4 Å². The van der Waals surface area contributed by atoms with Crippen LogP contribution >= 0.6 is 11.6 Å². The molecule has 0 saturated heterocycles. The van der Waals surface area contributed by atoms with Crippen molar-refractivity contribution in [2.24, 2.45) is 0 Å². The Bertz CT molecular complexity index is 1360. The molecule has 8 nitrogen and oxygen atoms in total. The highest BCUT2D eigenvalue weighted by Gasteiger charge is 2.17. The molecule has 2 aromatic heterocycles. The van der Waals surface area contributed by atoms with Crippen LogP contribution in [-0.4, -0.2) is 22.2 Å². The fraction of sp³-hybridized carbons (Fsp3) is 0.136. The fourth-order valence-electron chi connectivity index (χ4n) is 3.25. The maximum absolute atomic E-state index is 13.3. The Morgan fingerprint density at radius 1 is 1.13 bits per heavy atom. The number of nitrogens with zero attached hydrogens (tertiary/aromatic N) is 2. The Morgan fingerprint density at radius 2 is 1.90 bits per heavy atom. The van der Waals surface area contributed by atoms with Crippen molar-refractivity contribution in [3.05, 3.63) is 92.5 Å². The van der Waals surface area contributed by atoms with Crippen LogP contribution in [0.15, 0.2) is 74.9 Å². The molecule has 4 rings (SSSR count). The van der Waals surface area contributed by atoms with E-state index in [1.807, 2.05) is 0 Å². The number of hydrogen-bond acceptors (Lipinski definition) is 5. The van der Waals surface area contributed by atoms with Crippen molar-refractivity contribution in [1.82, 2.24) is 14.5 Å². The molecule has 9 heteroatoms. The number of fused-ring (bicyclic) bond motifs is 1. The SMILES string of the molecule is COc1ccc(-n2c(=O)c3ccc(Cl)cc3n(CC(=O)NCc3ccco3)c2=O)cc1. The van der Waals surface area contributed by atoms with Gasteiger partial charge in [-0.1, -0.05) is 11.6 Å². The average molecular weight is 440 g/mol. The van der Waals surface area contributed by atoms with Crippen LogP contribution in [0.25, 0.3) is 16.6 Å². The largest absolute Gasteiger partial charge is 0.497 e. The smallest absolute Gasteiger partial charge is 0.336 e. The number of furan rings is 1. The van der Waals surface area contributed by atoms with Gasteiger partial charge in [0.15, 0.2) is 0 Å². The van der Waals surface area contributed by atoms with Crippen molar-refractivity contribution in [3.63, 3.8) is 0 Å². The molecule has 0 atom stereocenters. The second-order valence-corrected chi connectivity index (χ2v) is 7.16. The Hall–Kier alpha value is -3.78. The molecular formula is C22H18ClN3O5. The van der Waals surface area contributed by atoms with E-state index in [1.54, 1.807) is 42.5 Å². The van der Waals surface area contributed by atoms with Crippen molar-refractivity contribution in [2.45, 2.75) is 13.1 Å². The first kappa shape index (κ1) is 20.5. The summed E-state index contributed by atoms with van der Waals surface area (Å²) in [7, 11) is 1.52. The van der Waals surface area contributed by atoms with Gasteiger partial charge in [-0.25, -0.2) is 9.36 Å². The summed E-state index contributed by atoms with van der Waals surface area (Å²) < 4.78 is 12.6. The molecule has 1 amide bonds. The van der Waals surface area contributed by atoms with Gasteiger partial charge in [-0.05, 0) is 54.6 Å². The Balaban J connectivity index is 1.80. The van der Waals surface area contributed by atoms with Crippen LogP contribution < -0.4 is 21.3 Å². The van der Waals surface area contributed by atoms with Crippen molar-refractivity contribution in [3.8, 4) is 11.4 Å². The topological polar surface area (TPSA) is 95.5 Å². The monoisotopic (exact) mass is 439 g/mol. The van der Waals surface area contributed by atoms with E-state index in [1.165, 1.54) is 30.1 Å². The Kier molecular flexibility index (Phi) is 5.64. The quantitative estimate of drug-likeness (QED) is 0.498. The lowest BCUT2D eigenvalue weighted by molar-refractivity contribution is -0.121. The minimum absolute atomic E-state index is 0.178. The summed E-state index contributed by atoms with van der Waals surface area (Å²) in [6, 6.07) is 14.5. The van der Waals surface area contributed by atoms with Crippen molar-refractivity contribution in [2.75, 3.05) is 7.11 Å². The predicted octanol–water partition coefficient (Wildman–Crippen LogP) is 2.72. The number of halogens is 1. The van der Waals surface area contributed by atoms with Crippen LogP contribution in [0.1, 0.15) is 5.76 Å².